The number of carbonyl (C=O) groups excluding carboxylic acids is 1. The van der Waals surface area contributed by atoms with Gasteiger partial charge >= 0.3 is 0 Å². The highest BCUT2D eigenvalue weighted by molar-refractivity contribution is 6.30. The molecule has 0 aliphatic carbocycles. The van der Waals surface area contributed by atoms with Crippen LogP contribution in [0, 0.1) is 11.3 Å². The van der Waals surface area contributed by atoms with Gasteiger partial charge in [-0.2, -0.15) is 5.26 Å². The SMILES string of the molecule is N#C/C(=C/Nc1cc(Cl)ccc1O)C(=O)NCc1ccc2c(c1)OCO2. The Morgan fingerprint density at radius 1 is 1.27 bits per heavy atom. The number of nitriles is 1. The molecule has 1 aliphatic heterocycles. The fourth-order valence-electron chi connectivity index (χ4n) is 2.25. The summed E-state index contributed by atoms with van der Waals surface area (Å²) in [6, 6.07) is 11.5. The number of anilines is 1. The van der Waals surface area contributed by atoms with Crippen molar-refractivity contribution in [1.82, 2.24) is 5.32 Å². The molecule has 8 heteroatoms. The minimum Gasteiger partial charge on any atom is -0.506 e. The number of nitrogens with zero attached hydrogens (tertiary/aromatic N) is 1. The molecule has 26 heavy (non-hydrogen) atoms. The first-order valence-corrected chi connectivity index (χ1v) is 7.96. The quantitative estimate of drug-likeness (QED) is 0.424. The van der Waals surface area contributed by atoms with E-state index in [0.717, 1.165) is 5.56 Å². The summed E-state index contributed by atoms with van der Waals surface area (Å²) >= 11 is 5.85. The molecule has 0 saturated heterocycles. The molecule has 1 amide bonds. The van der Waals surface area contributed by atoms with Crippen LogP contribution >= 0.6 is 11.6 Å². The van der Waals surface area contributed by atoms with E-state index in [4.69, 9.17) is 21.1 Å². The molecule has 3 rings (SSSR count). The fourth-order valence-corrected chi connectivity index (χ4v) is 2.42. The van der Waals surface area contributed by atoms with Crippen LogP contribution in [0.5, 0.6) is 17.2 Å². The molecular weight excluding hydrogens is 358 g/mol. The predicted molar refractivity (Wildman–Crippen MR) is 94.8 cm³/mol. The van der Waals surface area contributed by atoms with E-state index < -0.39 is 5.91 Å². The highest BCUT2D eigenvalue weighted by Crippen LogP contribution is 2.32. The third-order valence-corrected chi connectivity index (χ3v) is 3.82. The Kier molecular flexibility index (Phi) is 5.15. The van der Waals surface area contributed by atoms with E-state index in [0.29, 0.717) is 16.5 Å². The minimum atomic E-state index is -0.556. The largest absolute Gasteiger partial charge is 0.506 e. The van der Waals surface area contributed by atoms with E-state index in [1.807, 2.05) is 6.07 Å². The van der Waals surface area contributed by atoms with Crippen LogP contribution in [0.15, 0.2) is 48.2 Å². The number of rotatable bonds is 5. The summed E-state index contributed by atoms with van der Waals surface area (Å²) in [5.41, 5.74) is 0.944. The van der Waals surface area contributed by atoms with Gasteiger partial charge in [-0.25, -0.2) is 0 Å². The minimum absolute atomic E-state index is 0.0521. The third kappa shape index (κ3) is 3.99. The molecule has 3 N–H and O–H groups in total. The Bertz CT molecular complexity index is 921. The molecular formula is C18H14ClN3O4. The van der Waals surface area contributed by atoms with Crippen LogP contribution in [-0.4, -0.2) is 17.8 Å². The molecule has 0 fully saturated rings. The van der Waals surface area contributed by atoms with Crippen molar-refractivity contribution in [3.63, 3.8) is 0 Å². The van der Waals surface area contributed by atoms with Crippen LogP contribution in [0.25, 0.3) is 0 Å². The number of carbonyl (C=O) groups is 1. The molecule has 2 aromatic rings. The zero-order valence-corrected chi connectivity index (χ0v) is 14.2. The Morgan fingerprint density at radius 3 is 2.88 bits per heavy atom. The smallest absolute Gasteiger partial charge is 0.263 e. The molecule has 1 heterocycles. The van der Waals surface area contributed by atoms with Crippen LogP contribution < -0.4 is 20.1 Å². The van der Waals surface area contributed by atoms with E-state index >= 15 is 0 Å². The lowest BCUT2D eigenvalue weighted by molar-refractivity contribution is -0.117. The van der Waals surface area contributed by atoms with Crippen molar-refractivity contribution < 1.29 is 19.4 Å². The maximum Gasteiger partial charge on any atom is 0.263 e. The van der Waals surface area contributed by atoms with Gasteiger partial charge in [-0.3, -0.25) is 4.79 Å². The molecule has 1 aliphatic rings. The Morgan fingerprint density at radius 2 is 2.08 bits per heavy atom. The van der Waals surface area contributed by atoms with Crippen molar-refractivity contribution in [2.45, 2.75) is 6.54 Å². The number of hydrogen-bond acceptors (Lipinski definition) is 6. The average Bonchev–Trinajstić information content (AvgIpc) is 3.11. The first-order valence-electron chi connectivity index (χ1n) is 7.59. The van der Waals surface area contributed by atoms with Gasteiger partial charge in [-0.05, 0) is 35.9 Å². The molecule has 0 saturated carbocycles. The summed E-state index contributed by atoms with van der Waals surface area (Å²) in [6.45, 7) is 0.394. The number of aromatic hydroxyl groups is 1. The molecule has 7 nitrogen and oxygen atoms in total. The Balaban J connectivity index is 1.63. The van der Waals surface area contributed by atoms with Gasteiger partial charge in [0.2, 0.25) is 6.79 Å². The van der Waals surface area contributed by atoms with Gasteiger partial charge in [0.15, 0.2) is 11.5 Å². The highest BCUT2D eigenvalue weighted by Gasteiger charge is 2.14. The lowest BCUT2D eigenvalue weighted by atomic mass is 10.2. The Labute approximate surface area is 154 Å². The van der Waals surface area contributed by atoms with E-state index in [2.05, 4.69) is 10.6 Å². The fraction of sp³-hybridized carbons (Fsp3) is 0.111. The van der Waals surface area contributed by atoms with E-state index in [9.17, 15) is 15.2 Å². The topological polar surface area (TPSA) is 104 Å². The number of hydrogen-bond donors (Lipinski definition) is 3. The third-order valence-electron chi connectivity index (χ3n) is 3.59. The summed E-state index contributed by atoms with van der Waals surface area (Å²) in [6.07, 6.45) is 1.21. The van der Waals surface area contributed by atoms with Gasteiger partial charge in [-0.1, -0.05) is 17.7 Å². The predicted octanol–water partition coefficient (Wildman–Crippen LogP) is 2.91. The van der Waals surface area contributed by atoms with Crippen LogP contribution in [0.1, 0.15) is 5.56 Å². The van der Waals surface area contributed by atoms with Gasteiger partial charge in [0.05, 0.1) is 5.69 Å². The molecule has 0 radical (unpaired) electrons. The molecule has 0 unspecified atom stereocenters. The van der Waals surface area contributed by atoms with E-state index in [1.165, 1.54) is 24.4 Å². The summed E-state index contributed by atoms with van der Waals surface area (Å²) in [5, 5.41) is 24.7. The molecule has 0 atom stereocenters. The summed E-state index contributed by atoms with van der Waals surface area (Å²) in [4.78, 5) is 12.2. The standard InChI is InChI=1S/C18H14ClN3O4/c19-13-2-3-15(23)14(6-13)21-9-12(7-20)18(24)22-8-11-1-4-16-17(5-11)26-10-25-16/h1-6,9,21,23H,8,10H2,(H,22,24)/b12-9-. The zero-order valence-electron chi connectivity index (χ0n) is 13.5. The van der Waals surface area contributed by atoms with Gasteiger partial charge in [0.25, 0.3) is 5.91 Å². The lowest BCUT2D eigenvalue weighted by Crippen LogP contribution is -2.24. The number of benzene rings is 2. The second kappa shape index (κ2) is 7.68. The van der Waals surface area contributed by atoms with Crippen LogP contribution in [0.2, 0.25) is 5.02 Å². The second-order valence-electron chi connectivity index (χ2n) is 5.35. The van der Waals surface area contributed by atoms with E-state index in [1.54, 1.807) is 18.2 Å². The number of amides is 1. The van der Waals surface area contributed by atoms with Crippen molar-refractivity contribution >= 4 is 23.2 Å². The van der Waals surface area contributed by atoms with Crippen LogP contribution in [-0.2, 0) is 11.3 Å². The number of nitrogens with one attached hydrogen (secondary N) is 2. The van der Waals surface area contributed by atoms with Gasteiger partial charge in [0.1, 0.15) is 17.4 Å². The maximum atomic E-state index is 12.2. The first kappa shape index (κ1) is 17.5. The van der Waals surface area contributed by atoms with Crippen molar-refractivity contribution in [2.24, 2.45) is 0 Å². The molecule has 0 spiro atoms. The number of ether oxygens (including phenoxy) is 2. The lowest BCUT2D eigenvalue weighted by Gasteiger charge is -2.07. The molecule has 132 valence electrons. The highest BCUT2D eigenvalue weighted by atomic mass is 35.5. The zero-order chi connectivity index (χ0) is 18.5. The average molecular weight is 372 g/mol. The number of fused-ring (bicyclic) bond motifs is 1. The van der Waals surface area contributed by atoms with Gasteiger partial charge < -0.3 is 25.2 Å². The summed E-state index contributed by atoms with van der Waals surface area (Å²) in [7, 11) is 0. The second-order valence-corrected chi connectivity index (χ2v) is 5.78. The van der Waals surface area contributed by atoms with Gasteiger partial charge in [-0.15, -0.1) is 0 Å². The molecule has 0 aromatic heterocycles. The maximum absolute atomic E-state index is 12.2. The van der Waals surface area contributed by atoms with Gasteiger partial charge in [0, 0.05) is 17.8 Å². The normalized spacial score (nSPS) is 12.4. The molecule has 0 bridgehead atoms. The van der Waals surface area contributed by atoms with Crippen LogP contribution in [0.3, 0.4) is 0 Å². The first-order chi connectivity index (χ1) is 12.6. The summed E-state index contributed by atoms with van der Waals surface area (Å²) < 4.78 is 10.5. The van der Waals surface area contributed by atoms with Crippen molar-refractivity contribution in [2.75, 3.05) is 12.1 Å². The molecule has 2 aromatic carbocycles. The van der Waals surface area contributed by atoms with Crippen molar-refractivity contribution in [1.29, 1.82) is 5.26 Å². The van der Waals surface area contributed by atoms with Crippen molar-refractivity contribution in [3.05, 3.63) is 58.8 Å². The number of phenolic OH excluding ortho intramolecular Hbond substituents is 1. The monoisotopic (exact) mass is 371 g/mol. The number of phenols is 1. The van der Waals surface area contributed by atoms with Crippen LogP contribution in [0.4, 0.5) is 5.69 Å². The Hall–Kier alpha value is -3.37. The summed E-state index contributed by atoms with van der Waals surface area (Å²) in [5.74, 6) is 0.664. The number of halogens is 1. The van der Waals surface area contributed by atoms with E-state index in [-0.39, 0.29) is 30.3 Å². The van der Waals surface area contributed by atoms with Crippen molar-refractivity contribution in [3.8, 4) is 23.3 Å².